The summed E-state index contributed by atoms with van der Waals surface area (Å²) in [6.07, 6.45) is 0. The molecule has 124 valence electrons. The number of aromatic nitrogens is 3. The van der Waals surface area contributed by atoms with Gasteiger partial charge in [0, 0.05) is 31.6 Å². The first-order chi connectivity index (χ1) is 11.0. The Balaban J connectivity index is 1.49. The van der Waals surface area contributed by atoms with Gasteiger partial charge in [-0.2, -0.15) is 5.10 Å². The van der Waals surface area contributed by atoms with Crippen molar-refractivity contribution in [1.29, 1.82) is 0 Å². The van der Waals surface area contributed by atoms with Gasteiger partial charge in [-0.15, -0.1) is 11.3 Å². The van der Waals surface area contributed by atoms with Crippen molar-refractivity contribution in [2.75, 3.05) is 42.9 Å². The van der Waals surface area contributed by atoms with Gasteiger partial charge in [-0.1, -0.05) is 0 Å². The van der Waals surface area contributed by atoms with Gasteiger partial charge in [0.1, 0.15) is 0 Å². The Morgan fingerprint density at radius 1 is 1.30 bits per heavy atom. The molecule has 0 bridgehead atoms. The molecule has 0 spiro atoms. The number of piperazine rings is 1. The van der Waals surface area contributed by atoms with Crippen molar-refractivity contribution in [3.63, 3.8) is 0 Å². The second kappa shape index (κ2) is 6.67. The molecule has 2 aromatic heterocycles. The fourth-order valence-electron chi connectivity index (χ4n) is 2.70. The quantitative estimate of drug-likeness (QED) is 0.887. The fraction of sp³-hybridized carbons (Fsp3) is 0.533. The molecule has 0 saturated carbocycles. The van der Waals surface area contributed by atoms with Gasteiger partial charge in [0.05, 0.1) is 29.3 Å². The van der Waals surface area contributed by atoms with E-state index in [0.29, 0.717) is 6.54 Å². The van der Waals surface area contributed by atoms with E-state index in [0.717, 1.165) is 54.1 Å². The van der Waals surface area contributed by atoms with Crippen molar-refractivity contribution in [3.8, 4) is 0 Å². The minimum Gasteiger partial charge on any atom is -0.346 e. The Hall–Kier alpha value is -1.93. The Morgan fingerprint density at radius 2 is 2.04 bits per heavy atom. The van der Waals surface area contributed by atoms with E-state index in [4.69, 9.17) is 0 Å². The smallest absolute Gasteiger partial charge is 0.238 e. The average molecular weight is 334 g/mol. The monoisotopic (exact) mass is 334 g/mol. The predicted octanol–water partition coefficient (Wildman–Crippen LogP) is 1.55. The number of thiazole rings is 1. The van der Waals surface area contributed by atoms with Crippen molar-refractivity contribution in [1.82, 2.24) is 20.1 Å². The van der Waals surface area contributed by atoms with E-state index in [9.17, 15) is 4.79 Å². The van der Waals surface area contributed by atoms with E-state index >= 15 is 0 Å². The van der Waals surface area contributed by atoms with Gasteiger partial charge in [0.2, 0.25) is 5.91 Å². The highest BCUT2D eigenvalue weighted by molar-refractivity contribution is 7.13. The minimum atomic E-state index is 0.0103. The number of aromatic amines is 1. The molecule has 1 aliphatic heterocycles. The van der Waals surface area contributed by atoms with Crippen LogP contribution in [0.3, 0.4) is 0 Å². The molecule has 0 aromatic carbocycles. The third-order valence-corrected chi connectivity index (χ3v) is 5.03. The lowest BCUT2D eigenvalue weighted by molar-refractivity contribution is -0.117. The molecule has 0 atom stereocenters. The van der Waals surface area contributed by atoms with E-state index in [2.05, 4.69) is 35.7 Å². The van der Waals surface area contributed by atoms with Gasteiger partial charge in [-0.05, 0) is 20.8 Å². The van der Waals surface area contributed by atoms with Crippen LogP contribution in [-0.2, 0) is 4.79 Å². The third-order valence-electron chi connectivity index (χ3n) is 4.01. The van der Waals surface area contributed by atoms with E-state index in [1.807, 2.05) is 20.8 Å². The average Bonchev–Trinajstić information content (AvgIpc) is 3.09. The summed E-state index contributed by atoms with van der Waals surface area (Å²) in [6, 6.07) is 0. The van der Waals surface area contributed by atoms with Gasteiger partial charge in [0.25, 0.3) is 0 Å². The first-order valence-electron chi connectivity index (χ1n) is 7.74. The van der Waals surface area contributed by atoms with E-state index in [1.54, 1.807) is 11.3 Å². The molecular formula is C15H22N6OS. The molecule has 7 nitrogen and oxygen atoms in total. The van der Waals surface area contributed by atoms with Crippen LogP contribution < -0.4 is 10.2 Å². The zero-order chi connectivity index (χ0) is 16.4. The number of H-pyrrole nitrogens is 1. The fourth-order valence-corrected chi connectivity index (χ4v) is 3.56. The van der Waals surface area contributed by atoms with Crippen molar-refractivity contribution < 1.29 is 4.79 Å². The van der Waals surface area contributed by atoms with Crippen LogP contribution in [0.4, 0.5) is 10.8 Å². The molecular weight excluding hydrogens is 312 g/mol. The van der Waals surface area contributed by atoms with Crippen molar-refractivity contribution in [3.05, 3.63) is 22.5 Å². The Morgan fingerprint density at radius 3 is 2.61 bits per heavy atom. The molecule has 23 heavy (non-hydrogen) atoms. The molecule has 1 saturated heterocycles. The van der Waals surface area contributed by atoms with E-state index < -0.39 is 0 Å². The van der Waals surface area contributed by atoms with Crippen LogP contribution in [0.1, 0.15) is 17.1 Å². The number of anilines is 2. The maximum Gasteiger partial charge on any atom is 0.238 e. The second-order valence-corrected chi connectivity index (χ2v) is 6.73. The zero-order valence-corrected chi connectivity index (χ0v) is 14.5. The zero-order valence-electron chi connectivity index (χ0n) is 13.7. The first-order valence-corrected chi connectivity index (χ1v) is 8.62. The molecule has 0 aliphatic carbocycles. The van der Waals surface area contributed by atoms with Gasteiger partial charge < -0.3 is 10.2 Å². The summed E-state index contributed by atoms with van der Waals surface area (Å²) in [6.45, 7) is 9.77. The highest BCUT2D eigenvalue weighted by atomic mass is 32.1. The number of carbonyl (C=O) groups is 1. The summed E-state index contributed by atoms with van der Waals surface area (Å²) in [4.78, 5) is 21.2. The van der Waals surface area contributed by atoms with Crippen LogP contribution in [0, 0.1) is 20.8 Å². The minimum absolute atomic E-state index is 0.0103. The molecule has 1 fully saturated rings. The lowest BCUT2D eigenvalue weighted by Crippen LogP contribution is -2.48. The van der Waals surface area contributed by atoms with Crippen LogP contribution in [0.5, 0.6) is 0 Å². The number of nitrogens with zero attached hydrogens (tertiary/aromatic N) is 4. The summed E-state index contributed by atoms with van der Waals surface area (Å²) >= 11 is 1.68. The number of rotatable bonds is 4. The predicted molar refractivity (Wildman–Crippen MR) is 92.2 cm³/mol. The maximum atomic E-state index is 12.2. The number of nitrogens with one attached hydrogen (secondary N) is 2. The number of carbonyl (C=O) groups excluding carboxylic acids is 1. The van der Waals surface area contributed by atoms with Gasteiger partial charge in [-0.3, -0.25) is 14.8 Å². The number of amides is 1. The lowest BCUT2D eigenvalue weighted by atomic mass is 10.3. The number of aryl methyl sites for hydroxylation is 3. The molecule has 0 unspecified atom stereocenters. The summed E-state index contributed by atoms with van der Waals surface area (Å²) in [5.41, 5.74) is 3.57. The third kappa shape index (κ3) is 3.70. The molecule has 1 aliphatic rings. The maximum absolute atomic E-state index is 12.2. The van der Waals surface area contributed by atoms with Crippen LogP contribution >= 0.6 is 11.3 Å². The van der Waals surface area contributed by atoms with Gasteiger partial charge in [0.15, 0.2) is 5.13 Å². The Kier molecular flexibility index (Phi) is 4.63. The molecule has 3 heterocycles. The van der Waals surface area contributed by atoms with E-state index in [1.165, 1.54) is 0 Å². The lowest BCUT2D eigenvalue weighted by Gasteiger charge is -2.34. The first kappa shape index (κ1) is 15.9. The van der Waals surface area contributed by atoms with Crippen molar-refractivity contribution in [2.24, 2.45) is 0 Å². The molecule has 8 heteroatoms. The highest BCUT2D eigenvalue weighted by Crippen LogP contribution is 2.21. The molecule has 2 N–H and O–H groups in total. The van der Waals surface area contributed by atoms with Gasteiger partial charge >= 0.3 is 0 Å². The van der Waals surface area contributed by atoms with Crippen molar-refractivity contribution >= 4 is 28.1 Å². The summed E-state index contributed by atoms with van der Waals surface area (Å²) < 4.78 is 0. The van der Waals surface area contributed by atoms with Crippen LogP contribution in [0.2, 0.25) is 0 Å². The number of hydrogen-bond acceptors (Lipinski definition) is 6. The standard InChI is InChI=1S/C15H22N6OS/c1-10-9-23-15(16-10)21-6-4-20(5-7-21)8-13(22)17-14-11(2)18-19-12(14)3/h9H,4-8H2,1-3H3,(H,17,22)(H,18,19). The summed E-state index contributed by atoms with van der Waals surface area (Å²) in [7, 11) is 0. The van der Waals surface area contributed by atoms with E-state index in [-0.39, 0.29) is 5.91 Å². The highest BCUT2D eigenvalue weighted by Gasteiger charge is 2.21. The van der Waals surface area contributed by atoms with Crippen molar-refractivity contribution in [2.45, 2.75) is 20.8 Å². The Bertz CT molecular complexity index is 666. The molecule has 0 radical (unpaired) electrons. The summed E-state index contributed by atoms with van der Waals surface area (Å²) in [5.74, 6) is 0.0103. The van der Waals surface area contributed by atoms with Gasteiger partial charge in [-0.25, -0.2) is 4.98 Å². The van der Waals surface area contributed by atoms with Crippen LogP contribution in [-0.4, -0.2) is 58.7 Å². The normalized spacial score (nSPS) is 15.9. The SMILES string of the molecule is Cc1csc(N2CCN(CC(=O)Nc3c(C)n[nH]c3C)CC2)n1. The van der Waals surface area contributed by atoms with Crippen LogP contribution in [0.15, 0.2) is 5.38 Å². The molecule has 3 rings (SSSR count). The topological polar surface area (TPSA) is 77.1 Å². The largest absolute Gasteiger partial charge is 0.346 e. The van der Waals surface area contributed by atoms with Crippen LogP contribution in [0.25, 0.3) is 0 Å². The Labute approximate surface area is 139 Å². The molecule has 2 aromatic rings. The number of hydrogen-bond donors (Lipinski definition) is 2. The second-order valence-electron chi connectivity index (χ2n) is 5.89. The molecule has 1 amide bonds. The summed E-state index contributed by atoms with van der Waals surface area (Å²) in [5, 5.41) is 13.1.